The van der Waals surface area contributed by atoms with Crippen molar-refractivity contribution in [1.82, 2.24) is 9.97 Å². The standard InChI is InChI=1S/C13H8N2O4/c16-6-4-7(13(18)19)11-9(5-6)15-12-8(14-11)2-1-3-10(12)17/h1-5,16-17H,(H,18,19). The molecular weight excluding hydrogens is 248 g/mol. The highest BCUT2D eigenvalue weighted by Crippen LogP contribution is 2.27. The number of carboxylic acids is 1. The molecule has 0 bridgehead atoms. The molecule has 3 rings (SSSR count). The van der Waals surface area contributed by atoms with Gasteiger partial charge in [-0.3, -0.25) is 0 Å². The molecule has 0 saturated heterocycles. The number of phenols is 2. The van der Waals surface area contributed by atoms with Crippen molar-refractivity contribution < 1.29 is 20.1 Å². The highest BCUT2D eigenvalue weighted by molar-refractivity contribution is 6.03. The van der Waals surface area contributed by atoms with E-state index in [9.17, 15) is 15.0 Å². The average Bonchev–Trinajstić information content (AvgIpc) is 2.36. The Morgan fingerprint density at radius 1 is 1.00 bits per heavy atom. The summed E-state index contributed by atoms with van der Waals surface area (Å²) in [7, 11) is 0. The monoisotopic (exact) mass is 256 g/mol. The molecule has 0 aliphatic rings. The summed E-state index contributed by atoms with van der Waals surface area (Å²) in [6, 6.07) is 7.11. The molecule has 94 valence electrons. The molecule has 19 heavy (non-hydrogen) atoms. The molecule has 0 radical (unpaired) electrons. The van der Waals surface area contributed by atoms with Gasteiger partial charge in [0.2, 0.25) is 0 Å². The van der Waals surface area contributed by atoms with Crippen LogP contribution in [0.4, 0.5) is 0 Å². The van der Waals surface area contributed by atoms with Crippen LogP contribution in [0.1, 0.15) is 10.4 Å². The van der Waals surface area contributed by atoms with E-state index in [1.165, 1.54) is 12.1 Å². The highest BCUT2D eigenvalue weighted by atomic mass is 16.4. The Morgan fingerprint density at radius 3 is 2.47 bits per heavy atom. The number of aromatic nitrogens is 2. The Balaban J connectivity index is 2.51. The van der Waals surface area contributed by atoms with Crippen LogP contribution < -0.4 is 0 Å². The van der Waals surface area contributed by atoms with E-state index < -0.39 is 5.97 Å². The smallest absolute Gasteiger partial charge is 0.338 e. The Labute approximate surface area is 106 Å². The number of carboxylic acid groups (broad SMARTS) is 1. The van der Waals surface area contributed by atoms with Crippen molar-refractivity contribution in [3.63, 3.8) is 0 Å². The van der Waals surface area contributed by atoms with Gasteiger partial charge in [-0.05, 0) is 18.2 Å². The number of para-hydroxylation sites is 1. The van der Waals surface area contributed by atoms with Crippen molar-refractivity contribution in [2.24, 2.45) is 0 Å². The van der Waals surface area contributed by atoms with Crippen molar-refractivity contribution in [2.75, 3.05) is 0 Å². The fourth-order valence-electron chi connectivity index (χ4n) is 1.94. The molecule has 1 heterocycles. The first-order chi connectivity index (χ1) is 9.06. The van der Waals surface area contributed by atoms with Gasteiger partial charge >= 0.3 is 5.97 Å². The predicted molar refractivity (Wildman–Crippen MR) is 67.3 cm³/mol. The van der Waals surface area contributed by atoms with Crippen LogP contribution in [0.2, 0.25) is 0 Å². The van der Waals surface area contributed by atoms with Crippen LogP contribution in [0.25, 0.3) is 22.1 Å². The van der Waals surface area contributed by atoms with Crippen molar-refractivity contribution in [1.29, 1.82) is 0 Å². The van der Waals surface area contributed by atoms with Gasteiger partial charge in [0.15, 0.2) is 0 Å². The van der Waals surface area contributed by atoms with Crippen LogP contribution in [0.5, 0.6) is 11.5 Å². The van der Waals surface area contributed by atoms with Gasteiger partial charge in [0.05, 0.1) is 16.6 Å². The van der Waals surface area contributed by atoms with Gasteiger partial charge in [-0.25, -0.2) is 14.8 Å². The number of aromatic carboxylic acids is 1. The van der Waals surface area contributed by atoms with E-state index in [2.05, 4.69) is 9.97 Å². The number of phenolic OH excluding ortho intramolecular Hbond substituents is 2. The summed E-state index contributed by atoms with van der Waals surface area (Å²) >= 11 is 0. The second kappa shape index (κ2) is 3.81. The van der Waals surface area contributed by atoms with E-state index in [1.807, 2.05) is 0 Å². The lowest BCUT2D eigenvalue weighted by molar-refractivity contribution is 0.0698. The molecule has 0 atom stereocenters. The van der Waals surface area contributed by atoms with Crippen LogP contribution in [0, 0.1) is 0 Å². The molecule has 0 fully saturated rings. The summed E-state index contributed by atoms with van der Waals surface area (Å²) in [5.74, 6) is -1.46. The van der Waals surface area contributed by atoms with E-state index in [0.29, 0.717) is 5.52 Å². The quantitative estimate of drug-likeness (QED) is 0.574. The molecule has 3 N–H and O–H groups in total. The largest absolute Gasteiger partial charge is 0.508 e. The third-order valence-electron chi connectivity index (χ3n) is 2.76. The first-order valence-electron chi connectivity index (χ1n) is 5.42. The Bertz CT molecular complexity index is 830. The number of nitrogens with zero attached hydrogens (tertiary/aromatic N) is 2. The lowest BCUT2D eigenvalue weighted by atomic mass is 10.1. The van der Waals surface area contributed by atoms with Gasteiger partial charge in [-0.15, -0.1) is 0 Å². The van der Waals surface area contributed by atoms with Crippen LogP contribution in [0.15, 0.2) is 30.3 Å². The summed E-state index contributed by atoms with van der Waals surface area (Å²) in [6.07, 6.45) is 0. The van der Waals surface area contributed by atoms with E-state index in [4.69, 9.17) is 5.11 Å². The molecule has 0 saturated carbocycles. The van der Waals surface area contributed by atoms with E-state index in [-0.39, 0.29) is 33.6 Å². The topological polar surface area (TPSA) is 104 Å². The Hall–Kier alpha value is -2.89. The van der Waals surface area contributed by atoms with Gasteiger partial charge in [0.25, 0.3) is 0 Å². The summed E-state index contributed by atoms with van der Waals surface area (Å²) in [5, 5.41) is 28.3. The number of hydrogen-bond acceptors (Lipinski definition) is 5. The first-order valence-corrected chi connectivity index (χ1v) is 5.42. The molecular formula is C13H8N2O4. The van der Waals surface area contributed by atoms with Crippen LogP contribution >= 0.6 is 0 Å². The molecule has 1 aromatic heterocycles. The minimum Gasteiger partial charge on any atom is -0.508 e. The van der Waals surface area contributed by atoms with Crippen LogP contribution in [-0.4, -0.2) is 31.3 Å². The third-order valence-corrected chi connectivity index (χ3v) is 2.76. The normalized spacial score (nSPS) is 10.9. The van der Waals surface area contributed by atoms with Crippen LogP contribution in [0.3, 0.4) is 0 Å². The highest BCUT2D eigenvalue weighted by Gasteiger charge is 2.14. The SMILES string of the molecule is O=C(O)c1cc(O)cc2nc3c(O)cccc3nc12. The molecule has 2 aromatic carbocycles. The second-order valence-electron chi connectivity index (χ2n) is 4.03. The number of hydrogen-bond donors (Lipinski definition) is 3. The lowest BCUT2D eigenvalue weighted by Gasteiger charge is -2.05. The maximum Gasteiger partial charge on any atom is 0.338 e. The van der Waals surface area contributed by atoms with Crippen molar-refractivity contribution in [3.05, 3.63) is 35.9 Å². The minimum absolute atomic E-state index is 0.0490. The number of carbonyl (C=O) groups is 1. The van der Waals surface area contributed by atoms with Crippen LogP contribution in [-0.2, 0) is 0 Å². The Morgan fingerprint density at radius 2 is 1.74 bits per heavy atom. The third kappa shape index (κ3) is 1.70. The molecule has 0 amide bonds. The van der Waals surface area contributed by atoms with E-state index >= 15 is 0 Å². The summed E-state index contributed by atoms with van der Waals surface area (Å²) in [6.45, 7) is 0. The summed E-state index contributed by atoms with van der Waals surface area (Å²) in [5.41, 5.74) is 0.903. The maximum atomic E-state index is 11.1. The van der Waals surface area contributed by atoms with Gasteiger partial charge in [0, 0.05) is 6.07 Å². The van der Waals surface area contributed by atoms with Gasteiger partial charge < -0.3 is 15.3 Å². The summed E-state index contributed by atoms with van der Waals surface area (Å²) in [4.78, 5) is 19.5. The summed E-state index contributed by atoms with van der Waals surface area (Å²) < 4.78 is 0. The molecule has 0 aliphatic carbocycles. The van der Waals surface area contributed by atoms with E-state index in [0.717, 1.165) is 6.07 Å². The molecule has 6 heteroatoms. The zero-order valence-corrected chi connectivity index (χ0v) is 9.53. The van der Waals surface area contributed by atoms with Crippen molar-refractivity contribution in [3.8, 4) is 11.5 Å². The second-order valence-corrected chi connectivity index (χ2v) is 4.03. The molecule has 6 nitrogen and oxygen atoms in total. The predicted octanol–water partition coefficient (Wildman–Crippen LogP) is 1.89. The minimum atomic E-state index is -1.20. The zero-order valence-electron chi connectivity index (χ0n) is 9.53. The van der Waals surface area contributed by atoms with Gasteiger partial charge in [-0.2, -0.15) is 0 Å². The fraction of sp³-hybridized carbons (Fsp3) is 0. The maximum absolute atomic E-state index is 11.1. The van der Waals surface area contributed by atoms with Gasteiger partial charge in [-0.1, -0.05) is 6.07 Å². The molecule has 0 unspecified atom stereocenters. The molecule has 0 aliphatic heterocycles. The first kappa shape index (κ1) is 11.2. The zero-order chi connectivity index (χ0) is 13.6. The Kier molecular flexibility index (Phi) is 2.25. The number of aromatic hydroxyl groups is 2. The molecule has 3 aromatic rings. The fourth-order valence-corrected chi connectivity index (χ4v) is 1.94. The molecule has 0 spiro atoms. The van der Waals surface area contributed by atoms with Gasteiger partial charge in [0.1, 0.15) is 22.5 Å². The number of fused-ring (bicyclic) bond motifs is 2. The number of benzene rings is 2. The van der Waals surface area contributed by atoms with E-state index in [1.54, 1.807) is 12.1 Å². The lowest BCUT2D eigenvalue weighted by Crippen LogP contribution is -2.00. The average molecular weight is 256 g/mol. The number of rotatable bonds is 1. The van der Waals surface area contributed by atoms with Crippen molar-refractivity contribution >= 4 is 28.0 Å². The van der Waals surface area contributed by atoms with Crippen molar-refractivity contribution in [2.45, 2.75) is 0 Å².